The lowest BCUT2D eigenvalue weighted by atomic mass is 10.0. The van der Waals surface area contributed by atoms with E-state index in [-0.39, 0.29) is 0 Å². The minimum absolute atomic E-state index is 0.552. The Kier molecular flexibility index (Phi) is 3.71. The molecule has 0 bridgehead atoms. The summed E-state index contributed by atoms with van der Waals surface area (Å²) in [6.07, 6.45) is 2.58. The van der Waals surface area contributed by atoms with Crippen LogP contribution in [0.2, 0.25) is 0 Å². The van der Waals surface area contributed by atoms with Gasteiger partial charge in [-0.15, -0.1) is 11.8 Å². The highest BCUT2D eigenvalue weighted by atomic mass is 32.2. The molecular weight excluding hydrogens is 202 g/mol. The molecule has 1 atom stereocenters. The van der Waals surface area contributed by atoms with E-state index in [0.29, 0.717) is 12.1 Å². The summed E-state index contributed by atoms with van der Waals surface area (Å²) in [4.78, 5) is 1.47. The van der Waals surface area contributed by atoms with Crippen LogP contribution in [0.15, 0.2) is 29.2 Å². The van der Waals surface area contributed by atoms with E-state index < -0.39 is 0 Å². The lowest BCUT2D eigenvalue weighted by molar-refractivity contribution is 0.447. The van der Waals surface area contributed by atoms with E-state index in [9.17, 15) is 0 Å². The van der Waals surface area contributed by atoms with Crippen molar-refractivity contribution in [1.82, 2.24) is 5.32 Å². The Bertz CT molecular complexity index is 322. The van der Waals surface area contributed by atoms with Crippen LogP contribution in [0.25, 0.3) is 0 Å². The van der Waals surface area contributed by atoms with Crippen LogP contribution in [0.1, 0.15) is 38.3 Å². The van der Waals surface area contributed by atoms with Crippen molar-refractivity contribution in [3.63, 3.8) is 0 Å². The quantitative estimate of drug-likeness (QED) is 0.818. The van der Waals surface area contributed by atoms with E-state index in [4.69, 9.17) is 0 Å². The molecule has 0 saturated carbocycles. The van der Waals surface area contributed by atoms with Crippen LogP contribution >= 0.6 is 11.8 Å². The predicted molar refractivity (Wildman–Crippen MR) is 67.4 cm³/mol. The van der Waals surface area contributed by atoms with Crippen LogP contribution in [-0.2, 0) is 0 Å². The second kappa shape index (κ2) is 5.04. The zero-order valence-corrected chi connectivity index (χ0v) is 10.3. The van der Waals surface area contributed by atoms with Crippen molar-refractivity contribution in [2.45, 2.75) is 43.7 Å². The van der Waals surface area contributed by atoms with Crippen LogP contribution in [0.3, 0.4) is 0 Å². The van der Waals surface area contributed by atoms with Crippen molar-refractivity contribution in [1.29, 1.82) is 0 Å². The third-order valence-corrected chi connectivity index (χ3v) is 3.90. The molecule has 82 valence electrons. The van der Waals surface area contributed by atoms with Gasteiger partial charge in [-0.25, -0.2) is 0 Å². The Balaban J connectivity index is 2.24. The van der Waals surface area contributed by atoms with Crippen LogP contribution in [0.5, 0.6) is 0 Å². The van der Waals surface area contributed by atoms with Gasteiger partial charge in [0.1, 0.15) is 0 Å². The summed E-state index contributed by atoms with van der Waals surface area (Å²) >= 11 is 2.00. The minimum atomic E-state index is 0.552. The summed E-state index contributed by atoms with van der Waals surface area (Å²) in [6, 6.07) is 9.93. The third-order valence-electron chi connectivity index (χ3n) is 2.72. The molecular formula is C13H19NS. The topological polar surface area (TPSA) is 12.0 Å². The highest BCUT2D eigenvalue weighted by molar-refractivity contribution is 7.99. The normalized spacial score (nSPS) is 21.1. The predicted octanol–water partition coefficient (Wildman–Crippen LogP) is 3.61. The van der Waals surface area contributed by atoms with Crippen LogP contribution in [0, 0.1) is 0 Å². The van der Waals surface area contributed by atoms with Crippen molar-refractivity contribution in [3.05, 3.63) is 29.8 Å². The van der Waals surface area contributed by atoms with Gasteiger partial charge in [0.05, 0.1) is 0 Å². The van der Waals surface area contributed by atoms with Gasteiger partial charge in [0.2, 0.25) is 0 Å². The summed E-state index contributed by atoms with van der Waals surface area (Å²) in [5.41, 5.74) is 1.49. The van der Waals surface area contributed by atoms with Gasteiger partial charge in [0.15, 0.2) is 0 Å². The van der Waals surface area contributed by atoms with E-state index in [2.05, 4.69) is 43.4 Å². The molecule has 1 unspecified atom stereocenters. The molecule has 0 aliphatic carbocycles. The molecule has 15 heavy (non-hydrogen) atoms. The molecule has 2 rings (SSSR count). The van der Waals surface area contributed by atoms with E-state index in [0.717, 1.165) is 0 Å². The molecule has 1 heterocycles. The fourth-order valence-electron chi connectivity index (χ4n) is 2.10. The fourth-order valence-corrected chi connectivity index (χ4v) is 3.18. The Morgan fingerprint density at radius 3 is 2.93 bits per heavy atom. The highest BCUT2D eigenvalue weighted by Gasteiger charge is 2.18. The summed E-state index contributed by atoms with van der Waals surface area (Å²) in [5, 5.41) is 3.66. The van der Waals surface area contributed by atoms with Gasteiger partial charge in [-0.3, -0.25) is 0 Å². The molecule has 0 saturated heterocycles. The number of thioether (sulfide) groups is 1. The van der Waals surface area contributed by atoms with Crippen molar-refractivity contribution < 1.29 is 0 Å². The second-order valence-corrected chi connectivity index (χ2v) is 5.54. The Hall–Kier alpha value is -0.470. The number of hydrogen-bond acceptors (Lipinski definition) is 2. The maximum absolute atomic E-state index is 3.66. The summed E-state index contributed by atoms with van der Waals surface area (Å²) in [5.74, 6) is 1.26. The number of nitrogens with one attached hydrogen (secondary N) is 1. The Morgan fingerprint density at radius 1 is 1.33 bits per heavy atom. The molecule has 0 amide bonds. The molecule has 0 fully saturated rings. The maximum atomic E-state index is 3.66. The summed E-state index contributed by atoms with van der Waals surface area (Å²) in [7, 11) is 0. The maximum Gasteiger partial charge on any atom is 0.0333 e. The van der Waals surface area contributed by atoms with E-state index in [1.54, 1.807) is 0 Å². The Morgan fingerprint density at radius 2 is 2.13 bits per heavy atom. The molecule has 0 aromatic heterocycles. The van der Waals surface area contributed by atoms with Crippen molar-refractivity contribution in [2.24, 2.45) is 0 Å². The SMILES string of the molecule is CC(C)NC1CCCSc2ccccc21. The van der Waals surface area contributed by atoms with Gasteiger partial charge < -0.3 is 5.32 Å². The molecule has 0 radical (unpaired) electrons. The minimum Gasteiger partial charge on any atom is -0.308 e. The molecule has 1 aliphatic heterocycles. The average molecular weight is 221 g/mol. The van der Waals surface area contributed by atoms with Gasteiger partial charge in [0.25, 0.3) is 0 Å². The number of fused-ring (bicyclic) bond motifs is 1. The molecule has 1 aromatic rings. The first kappa shape index (κ1) is 11.0. The first-order valence-corrected chi connectivity index (χ1v) is 6.73. The van der Waals surface area contributed by atoms with E-state index >= 15 is 0 Å². The number of benzene rings is 1. The molecule has 1 aliphatic rings. The molecule has 0 spiro atoms. The summed E-state index contributed by atoms with van der Waals surface area (Å²) < 4.78 is 0. The van der Waals surface area contributed by atoms with Crippen molar-refractivity contribution >= 4 is 11.8 Å². The number of rotatable bonds is 2. The summed E-state index contributed by atoms with van der Waals surface area (Å²) in [6.45, 7) is 4.45. The van der Waals surface area contributed by atoms with Crippen LogP contribution in [0.4, 0.5) is 0 Å². The first-order chi connectivity index (χ1) is 7.27. The smallest absolute Gasteiger partial charge is 0.0333 e. The highest BCUT2D eigenvalue weighted by Crippen LogP contribution is 2.34. The van der Waals surface area contributed by atoms with Gasteiger partial charge >= 0.3 is 0 Å². The molecule has 1 aromatic carbocycles. The molecule has 1 nitrogen and oxygen atoms in total. The van der Waals surface area contributed by atoms with Gasteiger partial charge in [-0.2, -0.15) is 0 Å². The van der Waals surface area contributed by atoms with Crippen molar-refractivity contribution in [2.75, 3.05) is 5.75 Å². The number of hydrogen-bond donors (Lipinski definition) is 1. The Labute approximate surface area is 96.7 Å². The van der Waals surface area contributed by atoms with Gasteiger partial charge in [-0.05, 0) is 30.2 Å². The molecule has 1 N–H and O–H groups in total. The zero-order valence-electron chi connectivity index (χ0n) is 9.49. The van der Waals surface area contributed by atoms with E-state index in [1.807, 2.05) is 11.8 Å². The first-order valence-electron chi connectivity index (χ1n) is 5.75. The fraction of sp³-hybridized carbons (Fsp3) is 0.538. The van der Waals surface area contributed by atoms with Crippen molar-refractivity contribution in [3.8, 4) is 0 Å². The molecule has 2 heteroatoms. The van der Waals surface area contributed by atoms with E-state index in [1.165, 1.54) is 29.1 Å². The second-order valence-electron chi connectivity index (χ2n) is 4.40. The average Bonchev–Trinajstić information content (AvgIpc) is 2.41. The lowest BCUT2D eigenvalue weighted by Gasteiger charge is -2.21. The lowest BCUT2D eigenvalue weighted by Crippen LogP contribution is -2.28. The largest absolute Gasteiger partial charge is 0.308 e. The third kappa shape index (κ3) is 2.76. The van der Waals surface area contributed by atoms with Gasteiger partial charge in [0, 0.05) is 17.0 Å². The van der Waals surface area contributed by atoms with Crippen LogP contribution in [-0.4, -0.2) is 11.8 Å². The zero-order chi connectivity index (χ0) is 10.7. The monoisotopic (exact) mass is 221 g/mol. The van der Waals surface area contributed by atoms with Crippen LogP contribution < -0.4 is 5.32 Å². The standard InChI is InChI=1S/C13H19NS/c1-10(2)14-12-7-5-9-15-13-8-4-3-6-11(12)13/h3-4,6,8,10,12,14H,5,7,9H2,1-2H3. The van der Waals surface area contributed by atoms with Gasteiger partial charge in [-0.1, -0.05) is 32.0 Å².